The van der Waals surface area contributed by atoms with Crippen LogP contribution in [-0.4, -0.2) is 15.0 Å². The van der Waals surface area contributed by atoms with Crippen molar-refractivity contribution >= 4 is 11.0 Å². The van der Waals surface area contributed by atoms with Gasteiger partial charge in [-0.25, -0.2) is 15.0 Å². The van der Waals surface area contributed by atoms with E-state index in [1.807, 2.05) is 54.6 Å². The van der Waals surface area contributed by atoms with E-state index < -0.39 is 0 Å². The van der Waals surface area contributed by atoms with Crippen molar-refractivity contribution in [3.8, 4) is 84.5 Å². The predicted octanol–water partition coefficient (Wildman–Crippen LogP) is 12.6. The maximum Gasteiger partial charge on any atom is 0.0991 e. The lowest BCUT2D eigenvalue weighted by Gasteiger charge is -2.13. The normalized spacial score (nSPS) is 10.9. The van der Waals surface area contributed by atoms with E-state index in [4.69, 9.17) is 15.0 Å². The third-order valence-corrected chi connectivity index (χ3v) is 9.73. The lowest BCUT2D eigenvalue weighted by molar-refractivity contribution is 1.29. The van der Waals surface area contributed by atoms with Crippen molar-refractivity contribution in [1.29, 1.82) is 5.26 Å². The van der Waals surface area contributed by atoms with E-state index in [1.54, 1.807) is 6.07 Å². The topological polar surface area (TPSA) is 62.5 Å². The summed E-state index contributed by atoms with van der Waals surface area (Å²) >= 11 is 0. The van der Waals surface area contributed by atoms with Gasteiger partial charge >= 0.3 is 0 Å². The summed E-state index contributed by atoms with van der Waals surface area (Å²) in [5.74, 6) is 0. The fourth-order valence-electron chi connectivity index (χ4n) is 6.88. The second kappa shape index (κ2) is 14.3. The molecule has 0 unspecified atom stereocenters. The van der Waals surface area contributed by atoms with Gasteiger partial charge in [-0.15, -0.1) is 0 Å². The van der Waals surface area contributed by atoms with Crippen LogP contribution in [0.2, 0.25) is 0 Å². The van der Waals surface area contributed by atoms with Crippen molar-refractivity contribution < 1.29 is 0 Å². The van der Waals surface area contributed by atoms with Gasteiger partial charge in [-0.05, 0) is 69.8 Å². The van der Waals surface area contributed by atoms with E-state index in [9.17, 15) is 5.26 Å². The molecule has 0 atom stereocenters. The van der Waals surface area contributed by atoms with Crippen molar-refractivity contribution in [2.45, 2.75) is 0 Å². The largest absolute Gasteiger partial charge is 0.248 e. The molecule has 0 radical (unpaired) electrons. The van der Waals surface area contributed by atoms with Crippen LogP contribution in [0.3, 0.4) is 0 Å². The first-order chi connectivity index (χ1) is 26.7. The molecule has 0 fully saturated rings. The van der Waals surface area contributed by atoms with Gasteiger partial charge in [0.2, 0.25) is 0 Å². The highest BCUT2D eigenvalue weighted by Gasteiger charge is 2.16. The molecule has 54 heavy (non-hydrogen) atoms. The van der Waals surface area contributed by atoms with E-state index in [1.165, 1.54) is 22.3 Å². The van der Waals surface area contributed by atoms with Gasteiger partial charge in [0, 0.05) is 22.3 Å². The molecular weight excluding hydrogens is 657 g/mol. The van der Waals surface area contributed by atoms with Gasteiger partial charge in [0.05, 0.1) is 45.4 Å². The molecule has 4 nitrogen and oxygen atoms in total. The summed E-state index contributed by atoms with van der Waals surface area (Å²) in [5, 5.41) is 9.62. The van der Waals surface area contributed by atoms with E-state index in [0.29, 0.717) is 5.56 Å². The number of nitrogens with zero attached hydrogens (tertiary/aromatic N) is 4. The maximum absolute atomic E-state index is 9.62. The standard InChI is InChI=1S/C50H32N4/c51-33-34-10-9-15-43(30-34)50-49(53-45-16-7-8-17-46(45)54-50)42-28-26-41(27-29-42)48-32-44(39-20-18-37(19-21-39)35-11-3-1-4-12-35)31-47(52-48)40-24-22-38(23-25-40)36-13-5-2-6-14-36/h1-32H. The Labute approximate surface area is 314 Å². The fraction of sp³-hybridized carbons (Fsp3) is 0. The van der Waals surface area contributed by atoms with Gasteiger partial charge in [-0.1, -0.05) is 158 Å². The molecule has 252 valence electrons. The van der Waals surface area contributed by atoms with Crippen LogP contribution < -0.4 is 0 Å². The number of hydrogen-bond donors (Lipinski definition) is 0. The minimum atomic E-state index is 0.579. The molecular formula is C50H32N4. The molecule has 0 spiro atoms. The summed E-state index contributed by atoms with van der Waals surface area (Å²) in [6.07, 6.45) is 0. The average Bonchev–Trinajstić information content (AvgIpc) is 3.26. The van der Waals surface area contributed by atoms with Gasteiger partial charge in [0.25, 0.3) is 0 Å². The molecule has 9 aromatic rings. The minimum Gasteiger partial charge on any atom is -0.248 e. The van der Waals surface area contributed by atoms with Crippen molar-refractivity contribution in [2.24, 2.45) is 0 Å². The molecule has 0 saturated carbocycles. The van der Waals surface area contributed by atoms with E-state index in [0.717, 1.165) is 67.2 Å². The Bertz CT molecular complexity index is 2680. The SMILES string of the molecule is N#Cc1cccc(-c2nc3ccccc3nc2-c2ccc(-c3cc(-c4ccc(-c5ccccc5)cc4)cc(-c4ccc(-c5ccccc5)cc4)n3)cc2)c1. The Balaban J connectivity index is 1.13. The smallest absolute Gasteiger partial charge is 0.0991 e. The molecule has 7 aromatic carbocycles. The summed E-state index contributed by atoms with van der Waals surface area (Å²) in [5.41, 5.74) is 16.2. The molecule has 2 aromatic heterocycles. The number of fused-ring (bicyclic) bond motifs is 1. The third-order valence-electron chi connectivity index (χ3n) is 9.73. The summed E-state index contributed by atoms with van der Waals surface area (Å²) in [7, 11) is 0. The molecule has 2 heterocycles. The molecule has 0 bridgehead atoms. The molecule has 0 aliphatic carbocycles. The third kappa shape index (κ3) is 6.54. The second-order valence-electron chi connectivity index (χ2n) is 13.2. The van der Waals surface area contributed by atoms with Gasteiger partial charge < -0.3 is 0 Å². The molecule has 4 heteroatoms. The lowest BCUT2D eigenvalue weighted by atomic mass is 9.96. The number of rotatable bonds is 7. The van der Waals surface area contributed by atoms with Crippen LogP contribution in [0.1, 0.15) is 5.56 Å². The molecule has 0 saturated heterocycles. The van der Waals surface area contributed by atoms with E-state index >= 15 is 0 Å². The molecule has 0 amide bonds. The highest BCUT2D eigenvalue weighted by atomic mass is 14.8. The van der Waals surface area contributed by atoms with Gasteiger partial charge in [0.1, 0.15) is 0 Å². The van der Waals surface area contributed by atoms with Crippen molar-refractivity contribution in [3.63, 3.8) is 0 Å². The number of pyridine rings is 1. The van der Waals surface area contributed by atoms with Crippen molar-refractivity contribution in [1.82, 2.24) is 15.0 Å². The summed E-state index contributed by atoms with van der Waals surface area (Å²) in [6, 6.07) is 68.7. The number of benzene rings is 7. The molecule has 9 rings (SSSR count). The summed E-state index contributed by atoms with van der Waals surface area (Å²) < 4.78 is 0. The van der Waals surface area contributed by atoms with Crippen LogP contribution in [0.15, 0.2) is 194 Å². The highest BCUT2D eigenvalue weighted by Crippen LogP contribution is 2.35. The maximum atomic E-state index is 9.62. The van der Waals surface area contributed by atoms with Crippen LogP contribution in [0.4, 0.5) is 0 Å². The molecule has 0 N–H and O–H groups in total. The lowest BCUT2D eigenvalue weighted by Crippen LogP contribution is -1.96. The molecule has 0 aliphatic heterocycles. The predicted molar refractivity (Wildman–Crippen MR) is 220 cm³/mol. The Morgan fingerprint density at radius 1 is 0.296 bits per heavy atom. The summed E-state index contributed by atoms with van der Waals surface area (Å²) in [6.45, 7) is 0. The first-order valence-corrected chi connectivity index (χ1v) is 17.9. The zero-order valence-corrected chi connectivity index (χ0v) is 29.3. The zero-order chi connectivity index (χ0) is 36.3. The van der Waals surface area contributed by atoms with Gasteiger partial charge in [-0.2, -0.15) is 5.26 Å². The Morgan fingerprint density at radius 3 is 1.19 bits per heavy atom. The Hall–Kier alpha value is -7.48. The fourth-order valence-corrected chi connectivity index (χ4v) is 6.88. The number of hydrogen-bond acceptors (Lipinski definition) is 4. The number of nitriles is 1. The monoisotopic (exact) mass is 688 g/mol. The van der Waals surface area contributed by atoms with Crippen LogP contribution in [0.25, 0.3) is 89.4 Å². The highest BCUT2D eigenvalue weighted by molar-refractivity contribution is 5.87. The van der Waals surface area contributed by atoms with Crippen LogP contribution >= 0.6 is 0 Å². The first kappa shape index (κ1) is 32.4. The Kier molecular flexibility index (Phi) is 8.57. The van der Waals surface area contributed by atoms with E-state index in [-0.39, 0.29) is 0 Å². The van der Waals surface area contributed by atoms with Crippen LogP contribution in [0, 0.1) is 11.3 Å². The van der Waals surface area contributed by atoms with Crippen molar-refractivity contribution in [3.05, 3.63) is 200 Å². The average molecular weight is 689 g/mol. The molecule has 0 aliphatic rings. The minimum absolute atomic E-state index is 0.579. The van der Waals surface area contributed by atoms with E-state index in [2.05, 4.69) is 140 Å². The summed E-state index contributed by atoms with van der Waals surface area (Å²) in [4.78, 5) is 15.4. The zero-order valence-electron chi connectivity index (χ0n) is 29.3. The second-order valence-corrected chi connectivity index (χ2v) is 13.2. The quantitative estimate of drug-likeness (QED) is 0.167. The van der Waals surface area contributed by atoms with Gasteiger partial charge in [-0.3, -0.25) is 0 Å². The van der Waals surface area contributed by atoms with Crippen molar-refractivity contribution in [2.75, 3.05) is 0 Å². The van der Waals surface area contributed by atoms with Crippen LogP contribution in [-0.2, 0) is 0 Å². The first-order valence-electron chi connectivity index (χ1n) is 17.9. The van der Waals surface area contributed by atoms with Crippen LogP contribution in [0.5, 0.6) is 0 Å². The number of para-hydroxylation sites is 2. The Morgan fingerprint density at radius 2 is 0.685 bits per heavy atom. The number of aromatic nitrogens is 3. The van der Waals surface area contributed by atoms with Gasteiger partial charge in [0.15, 0.2) is 0 Å².